The van der Waals surface area contributed by atoms with Gasteiger partial charge in [-0.2, -0.15) is 0 Å². The van der Waals surface area contributed by atoms with E-state index in [0.717, 1.165) is 23.8 Å². The lowest BCUT2D eigenvalue weighted by Crippen LogP contribution is -2.30. The summed E-state index contributed by atoms with van der Waals surface area (Å²) in [5.41, 5.74) is -0.443. The second kappa shape index (κ2) is 8.26. The Bertz CT molecular complexity index is 1210. The van der Waals surface area contributed by atoms with E-state index in [0.29, 0.717) is 21.1 Å². The Balaban J connectivity index is 2.45. The maximum Gasteiger partial charge on any atom is 0.344 e. The van der Waals surface area contributed by atoms with Crippen LogP contribution in [-0.2, 0) is 4.74 Å². The van der Waals surface area contributed by atoms with Gasteiger partial charge >= 0.3 is 5.97 Å². The first-order valence-corrected chi connectivity index (χ1v) is 9.66. The Labute approximate surface area is 182 Å². The first-order valence-electron chi connectivity index (χ1n) is 8.11. The van der Waals surface area contributed by atoms with E-state index in [9.17, 15) is 18.4 Å². The summed E-state index contributed by atoms with van der Waals surface area (Å²) in [6.45, 7) is 1.55. The third-order valence-electron chi connectivity index (χ3n) is 4.29. The third-order valence-corrected chi connectivity index (χ3v) is 6.00. The summed E-state index contributed by atoms with van der Waals surface area (Å²) >= 11 is 15.4. The SMILES string of the molecule is COC(=O)c1c(-c2ccc(Cl)c(Cl)c2)c(Br)c(C)n(-c2ccc(F)cc2F)c1=O. The molecule has 0 amide bonds. The van der Waals surface area contributed by atoms with E-state index in [1.165, 1.54) is 12.1 Å². The average molecular weight is 503 g/mol. The summed E-state index contributed by atoms with van der Waals surface area (Å²) in [5, 5.41) is 0.517. The first-order chi connectivity index (χ1) is 13.7. The Hall–Kier alpha value is -2.22. The van der Waals surface area contributed by atoms with Crippen LogP contribution >= 0.6 is 39.1 Å². The van der Waals surface area contributed by atoms with Gasteiger partial charge in [0.05, 0.1) is 22.8 Å². The lowest BCUT2D eigenvalue weighted by molar-refractivity contribution is 0.0599. The fourth-order valence-corrected chi connectivity index (χ4v) is 3.83. The highest BCUT2D eigenvalue weighted by atomic mass is 79.9. The van der Waals surface area contributed by atoms with Crippen molar-refractivity contribution in [3.8, 4) is 16.8 Å². The predicted molar refractivity (Wildman–Crippen MR) is 111 cm³/mol. The summed E-state index contributed by atoms with van der Waals surface area (Å²) in [7, 11) is 1.12. The van der Waals surface area contributed by atoms with E-state index in [2.05, 4.69) is 15.9 Å². The van der Waals surface area contributed by atoms with E-state index in [1.54, 1.807) is 13.0 Å². The van der Waals surface area contributed by atoms with Gasteiger partial charge in [0.15, 0.2) is 0 Å². The van der Waals surface area contributed by atoms with Crippen molar-refractivity contribution in [2.24, 2.45) is 0 Å². The number of hydrogen-bond donors (Lipinski definition) is 0. The molecule has 0 N–H and O–H groups in total. The van der Waals surface area contributed by atoms with Gasteiger partial charge in [-0.15, -0.1) is 0 Å². The van der Waals surface area contributed by atoms with Gasteiger partial charge in [0, 0.05) is 21.8 Å². The van der Waals surface area contributed by atoms with Crippen molar-refractivity contribution in [1.29, 1.82) is 0 Å². The quantitative estimate of drug-likeness (QED) is 0.416. The van der Waals surface area contributed by atoms with Crippen LogP contribution in [0.1, 0.15) is 16.1 Å². The fourth-order valence-electron chi connectivity index (χ4n) is 2.93. The molecule has 0 radical (unpaired) electrons. The molecule has 0 unspecified atom stereocenters. The molecule has 4 nitrogen and oxygen atoms in total. The van der Waals surface area contributed by atoms with Gasteiger partial charge in [-0.3, -0.25) is 9.36 Å². The maximum atomic E-state index is 14.4. The lowest BCUT2D eigenvalue weighted by Gasteiger charge is -2.19. The molecule has 0 aliphatic carbocycles. The van der Waals surface area contributed by atoms with Crippen LogP contribution in [0.25, 0.3) is 16.8 Å². The average Bonchev–Trinajstić information content (AvgIpc) is 2.68. The molecule has 0 saturated carbocycles. The largest absolute Gasteiger partial charge is 0.465 e. The van der Waals surface area contributed by atoms with Crippen molar-refractivity contribution in [1.82, 2.24) is 4.57 Å². The Morgan fingerprint density at radius 3 is 2.38 bits per heavy atom. The summed E-state index contributed by atoms with van der Waals surface area (Å²) in [5.74, 6) is -2.68. The zero-order valence-electron chi connectivity index (χ0n) is 15.0. The number of ether oxygens (including phenoxy) is 1. The number of benzene rings is 2. The molecule has 9 heteroatoms. The molecule has 1 heterocycles. The van der Waals surface area contributed by atoms with Gasteiger partial charge in [-0.25, -0.2) is 13.6 Å². The zero-order valence-corrected chi connectivity index (χ0v) is 18.1. The van der Waals surface area contributed by atoms with E-state index in [-0.39, 0.29) is 27.5 Å². The molecule has 0 fully saturated rings. The normalized spacial score (nSPS) is 10.9. The highest BCUT2D eigenvalue weighted by Gasteiger charge is 2.27. The molecule has 0 aliphatic rings. The number of halogens is 5. The number of nitrogens with zero attached hydrogens (tertiary/aromatic N) is 1. The van der Waals surface area contributed by atoms with Crippen molar-refractivity contribution < 1.29 is 18.3 Å². The number of carbonyl (C=O) groups is 1. The Kier molecular flexibility index (Phi) is 6.12. The number of rotatable bonds is 3. The summed E-state index contributed by atoms with van der Waals surface area (Å²) < 4.78 is 33.8. The molecule has 2 aromatic carbocycles. The van der Waals surface area contributed by atoms with Crippen LogP contribution in [0.4, 0.5) is 8.78 Å². The number of carbonyl (C=O) groups excluding carboxylic acids is 1. The number of methoxy groups -OCH3 is 1. The van der Waals surface area contributed by atoms with Gasteiger partial charge in [-0.05, 0) is 52.7 Å². The second-order valence-electron chi connectivity index (χ2n) is 6.01. The molecule has 3 rings (SSSR count). The van der Waals surface area contributed by atoms with E-state index < -0.39 is 23.2 Å². The van der Waals surface area contributed by atoms with Crippen molar-refractivity contribution in [2.75, 3.05) is 7.11 Å². The topological polar surface area (TPSA) is 48.3 Å². The summed E-state index contributed by atoms with van der Waals surface area (Å²) in [4.78, 5) is 25.7. The van der Waals surface area contributed by atoms with Gasteiger partial charge < -0.3 is 4.74 Å². The Morgan fingerprint density at radius 2 is 1.79 bits per heavy atom. The fraction of sp³-hybridized carbons (Fsp3) is 0.100. The highest BCUT2D eigenvalue weighted by molar-refractivity contribution is 9.10. The van der Waals surface area contributed by atoms with Crippen LogP contribution < -0.4 is 5.56 Å². The monoisotopic (exact) mass is 501 g/mol. The Morgan fingerprint density at radius 1 is 1.10 bits per heavy atom. The number of hydrogen-bond acceptors (Lipinski definition) is 3. The van der Waals surface area contributed by atoms with Gasteiger partial charge in [0.2, 0.25) is 0 Å². The van der Waals surface area contributed by atoms with Crippen molar-refractivity contribution in [3.63, 3.8) is 0 Å². The summed E-state index contributed by atoms with van der Waals surface area (Å²) in [6, 6.07) is 7.39. The minimum atomic E-state index is -0.958. The molecule has 29 heavy (non-hydrogen) atoms. The van der Waals surface area contributed by atoms with Crippen molar-refractivity contribution in [2.45, 2.75) is 6.92 Å². The van der Waals surface area contributed by atoms with E-state index in [4.69, 9.17) is 27.9 Å². The molecule has 3 aromatic rings. The molecule has 0 atom stereocenters. The molecular weight excluding hydrogens is 491 g/mol. The van der Waals surface area contributed by atoms with Crippen LogP contribution in [-0.4, -0.2) is 17.6 Å². The predicted octanol–water partition coefficient (Wildman–Crippen LogP) is 5.95. The van der Waals surface area contributed by atoms with Crippen LogP contribution in [0.5, 0.6) is 0 Å². The molecular formula is C20H12BrCl2F2NO3. The van der Waals surface area contributed by atoms with Gasteiger partial charge in [-0.1, -0.05) is 29.3 Å². The molecule has 150 valence electrons. The molecule has 0 saturated heterocycles. The van der Waals surface area contributed by atoms with Crippen LogP contribution in [0.3, 0.4) is 0 Å². The van der Waals surface area contributed by atoms with E-state index in [1.807, 2.05) is 0 Å². The highest BCUT2D eigenvalue weighted by Crippen LogP contribution is 2.36. The van der Waals surface area contributed by atoms with Crippen LogP contribution in [0, 0.1) is 18.6 Å². The number of aromatic nitrogens is 1. The van der Waals surface area contributed by atoms with Crippen LogP contribution in [0.15, 0.2) is 45.7 Å². The standard InChI is InChI=1S/C20H12BrCl2F2NO3/c1-9-18(21)16(10-3-5-12(22)13(23)7-10)17(20(28)29-2)19(27)26(9)15-6-4-11(24)8-14(15)25/h3-8H,1-2H3. The van der Waals surface area contributed by atoms with Crippen molar-refractivity contribution in [3.05, 3.63) is 84.2 Å². The van der Waals surface area contributed by atoms with E-state index >= 15 is 0 Å². The molecule has 1 aromatic heterocycles. The molecule has 0 aliphatic heterocycles. The third kappa shape index (κ3) is 3.82. The van der Waals surface area contributed by atoms with Crippen molar-refractivity contribution >= 4 is 45.1 Å². The van der Waals surface area contributed by atoms with Crippen LogP contribution in [0.2, 0.25) is 10.0 Å². The lowest BCUT2D eigenvalue weighted by atomic mass is 9.99. The second-order valence-corrected chi connectivity index (χ2v) is 7.61. The molecule has 0 spiro atoms. The smallest absolute Gasteiger partial charge is 0.344 e. The number of pyridine rings is 1. The maximum absolute atomic E-state index is 14.4. The van der Waals surface area contributed by atoms with Gasteiger partial charge in [0.25, 0.3) is 5.56 Å². The van der Waals surface area contributed by atoms with Gasteiger partial charge in [0.1, 0.15) is 17.2 Å². The minimum Gasteiger partial charge on any atom is -0.465 e. The number of esters is 1. The summed E-state index contributed by atoms with van der Waals surface area (Å²) in [6.07, 6.45) is 0. The molecule has 0 bridgehead atoms. The zero-order chi connectivity index (χ0) is 21.5. The first kappa shape index (κ1) is 21.5. The minimum absolute atomic E-state index is 0.208.